The number of nitrogens with one attached hydrogen (secondary N) is 1. The molecule has 0 amide bonds. The fourth-order valence-corrected chi connectivity index (χ4v) is 1.15. The summed E-state index contributed by atoms with van der Waals surface area (Å²) in [5.74, 6) is 0.633. The maximum absolute atomic E-state index is 8.68. The van der Waals surface area contributed by atoms with Crippen molar-refractivity contribution in [3.05, 3.63) is 29.3 Å². The summed E-state index contributed by atoms with van der Waals surface area (Å²) in [5.41, 5.74) is 3.44. The first-order valence-corrected chi connectivity index (χ1v) is 4.34. The molecule has 0 aliphatic heterocycles. The van der Waals surface area contributed by atoms with E-state index < -0.39 is 0 Å². The lowest BCUT2D eigenvalue weighted by atomic mass is 10.1. The SMILES string of the molecule is CCOc1cc(C#N)ccc1CNO. The van der Waals surface area contributed by atoms with Gasteiger partial charge in [-0.25, -0.2) is 5.48 Å². The predicted octanol–water partition coefficient (Wildman–Crippen LogP) is 1.44. The van der Waals surface area contributed by atoms with E-state index in [-0.39, 0.29) is 0 Å². The summed E-state index contributed by atoms with van der Waals surface area (Å²) in [6.45, 7) is 2.71. The molecule has 0 aliphatic rings. The van der Waals surface area contributed by atoms with E-state index in [2.05, 4.69) is 5.48 Å². The van der Waals surface area contributed by atoms with Crippen molar-refractivity contribution >= 4 is 0 Å². The maximum atomic E-state index is 8.68. The van der Waals surface area contributed by atoms with Crippen molar-refractivity contribution in [3.63, 3.8) is 0 Å². The molecule has 4 nitrogen and oxygen atoms in total. The van der Waals surface area contributed by atoms with Crippen LogP contribution in [0.15, 0.2) is 18.2 Å². The van der Waals surface area contributed by atoms with E-state index in [0.29, 0.717) is 24.5 Å². The molecular weight excluding hydrogens is 180 g/mol. The maximum Gasteiger partial charge on any atom is 0.125 e. The van der Waals surface area contributed by atoms with Gasteiger partial charge in [0.25, 0.3) is 0 Å². The summed E-state index contributed by atoms with van der Waals surface area (Å²) in [6.07, 6.45) is 0. The standard InChI is InChI=1S/C10H12N2O2/c1-2-14-10-5-8(6-11)3-4-9(10)7-12-13/h3-5,12-13H,2,7H2,1H3. The van der Waals surface area contributed by atoms with E-state index in [9.17, 15) is 0 Å². The molecule has 0 unspecified atom stereocenters. The van der Waals surface area contributed by atoms with Crippen molar-refractivity contribution in [1.29, 1.82) is 5.26 Å². The molecule has 0 bridgehead atoms. The lowest BCUT2D eigenvalue weighted by Gasteiger charge is -2.09. The van der Waals surface area contributed by atoms with Crippen LogP contribution in [-0.2, 0) is 6.54 Å². The zero-order valence-corrected chi connectivity index (χ0v) is 7.95. The van der Waals surface area contributed by atoms with Crippen LogP contribution in [0.3, 0.4) is 0 Å². The lowest BCUT2D eigenvalue weighted by Crippen LogP contribution is -2.08. The third-order valence-corrected chi connectivity index (χ3v) is 1.77. The highest BCUT2D eigenvalue weighted by molar-refractivity contribution is 5.42. The van der Waals surface area contributed by atoms with Gasteiger partial charge in [0.05, 0.1) is 18.2 Å². The van der Waals surface area contributed by atoms with Crippen LogP contribution < -0.4 is 10.2 Å². The van der Waals surface area contributed by atoms with Gasteiger partial charge in [-0.1, -0.05) is 6.07 Å². The number of hydrogen-bond acceptors (Lipinski definition) is 4. The minimum atomic E-state index is 0.307. The summed E-state index contributed by atoms with van der Waals surface area (Å²) in [4.78, 5) is 0. The van der Waals surface area contributed by atoms with E-state index >= 15 is 0 Å². The number of ether oxygens (including phenoxy) is 1. The molecule has 0 aromatic heterocycles. The molecular formula is C10H12N2O2. The molecule has 0 aliphatic carbocycles. The van der Waals surface area contributed by atoms with Gasteiger partial charge in [-0.2, -0.15) is 5.26 Å². The average Bonchev–Trinajstić information content (AvgIpc) is 2.21. The lowest BCUT2D eigenvalue weighted by molar-refractivity contribution is 0.159. The largest absolute Gasteiger partial charge is 0.493 e. The van der Waals surface area contributed by atoms with Crippen LogP contribution in [0.2, 0.25) is 0 Å². The minimum Gasteiger partial charge on any atom is -0.493 e. The number of benzene rings is 1. The zero-order chi connectivity index (χ0) is 10.4. The quantitative estimate of drug-likeness (QED) is 0.708. The smallest absolute Gasteiger partial charge is 0.125 e. The highest BCUT2D eigenvalue weighted by Gasteiger charge is 2.03. The summed E-state index contributed by atoms with van der Waals surface area (Å²) in [5, 5.41) is 17.2. The zero-order valence-electron chi connectivity index (χ0n) is 7.95. The second-order valence-electron chi connectivity index (χ2n) is 2.70. The monoisotopic (exact) mass is 192 g/mol. The number of nitriles is 1. The first-order valence-electron chi connectivity index (χ1n) is 4.34. The van der Waals surface area contributed by atoms with Crippen molar-refractivity contribution in [3.8, 4) is 11.8 Å². The van der Waals surface area contributed by atoms with Gasteiger partial charge in [-0.15, -0.1) is 0 Å². The Balaban J connectivity index is 2.98. The molecule has 2 N–H and O–H groups in total. The summed E-state index contributed by atoms with van der Waals surface area (Å²) < 4.78 is 5.33. The number of hydroxylamine groups is 1. The van der Waals surface area contributed by atoms with E-state index in [0.717, 1.165) is 5.56 Å². The fourth-order valence-electron chi connectivity index (χ4n) is 1.15. The van der Waals surface area contributed by atoms with Crippen molar-refractivity contribution in [2.24, 2.45) is 0 Å². The van der Waals surface area contributed by atoms with E-state index in [1.807, 2.05) is 13.0 Å². The molecule has 74 valence electrons. The van der Waals surface area contributed by atoms with Crippen LogP contribution in [0.1, 0.15) is 18.1 Å². The van der Waals surface area contributed by atoms with Gasteiger partial charge in [-0.05, 0) is 19.1 Å². The Morgan fingerprint density at radius 2 is 2.36 bits per heavy atom. The van der Waals surface area contributed by atoms with E-state index in [1.165, 1.54) is 0 Å². The van der Waals surface area contributed by atoms with Crippen molar-refractivity contribution in [2.45, 2.75) is 13.5 Å². The third kappa shape index (κ3) is 2.46. The van der Waals surface area contributed by atoms with Gasteiger partial charge in [0, 0.05) is 12.1 Å². The van der Waals surface area contributed by atoms with Gasteiger partial charge in [-0.3, -0.25) is 0 Å². The number of hydrogen-bond donors (Lipinski definition) is 2. The predicted molar refractivity (Wildman–Crippen MR) is 51.0 cm³/mol. The summed E-state index contributed by atoms with van der Waals surface area (Å²) in [6, 6.07) is 7.14. The topological polar surface area (TPSA) is 65.3 Å². The van der Waals surface area contributed by atoms with Crippen LogP contribution in [0.4, 0.5) is 0 Å². The van der Waals surface area contributed by atoms with Crippen LogP contribution >= 0.6 is 0 Å². The molecule has 0 spiro atoms. The van der Waals surface area contributed by atoms with Gasteiger partial charge in [0.15, 0.2) is 0 Å². The molecule has 0 heterocycles. The second-order valence-corrected chi connectivity index (χ2v) is 2.70. The third-order valence-electron chi connectivity index (χ3n) is 1.77. The Bertz CT molecular complexity index is 344. The van der Waals surface area contributed by atoms with Gasteiger partial charge < -0.3 is 9.94 Å². The van der Waals surface area contributed by atoms with Crippen molar-refractivity contribution < 1.29 is 9.94 Å². The first kappa shape index (κ1) is 10.5. The van der Waals surface area contributed by atoms with Gasteiger partial charge in [0.1, 0.15) is 5.75 Å². The molecule has 0 saturated heterocycles. The Morgan fingerprint density at radius 1 is 1.57 bits per heavy atom. The normalized spacial score (nSPS) is 9.50. The van der Waals surface area contributed by atoms with Gasteiger partial charge in [0.2, 0.25) is 0 Å². The van der Waals surface area contributed by atoms with Crippen molar-refractivity contribution in [1.82, 2.24) is 5.48 Å². The van der Waals surface area contributed by atoms with E-state index in [1.54, 1.807) is 18.2 Å². The summed E-state index contributed by atoms with van der Waals surface area (Å²) in [7, 11) is 0. The first-order chi connectivity index (χ1) is 6.81. The van der Waals surface area contributed by atoms with Crippen LogP contribution in [0, 0.1) is 11.3 Å². The van der Waals surface area contributed by atoms with Crippen LogP contribution in [0.5, 0.6) is 5.75 Å². The molecule has 14 heavy (non-hydrogen) atoms. The summed E-state index contributed by atoms with van der Waals surface area (Å²) >= 11 is 0. The van der Waals surface area contributed by atoms with E-state index in [4.69, 9.17) is 15.2 Å². The highest BCUT2D eigenvalue weighted by atomic mass is 16.5. The molecule has 1 aromatic carbocycles. The second kappa shape index (κ2) is 5.22. The molecule has 1 aromatic rings. The minimum absolute atomic E-state index is 0.307. The Morgan fingerprint density at radius 3 is 2.93 bits per heavy atom. The molecule has 0 radical (unpaired) electrons. The molecule has 1 rings (SSSR count). The van der Waals surface area contributed by atoms with Crippen molar-refractivity contribution in [2.75, 3.05) is 6.61 Å². The number of nitrogens with zero attached hydrogens (tertiary/aromatic N) is 1. The fraction of sp³-hybridized carbons (Fsp3) is 0.300. The highest BCUT2D eigenvalue weighted by Crippen LogP contribution is 2.20. The van der Waals surface area contributed by atoms with Crippen LogP contribution in [0.25, 0.3) is 0 Å². The molecule has 0 atom stereocenters. The molecule has 0 saturated carbocycles. The Hall–Kier alpha value is -1.57. The van der Waals surface area contributed by atoms with Crippen LogP contribution in [-0.4, -0.2) is 11.8 Å². The molecule has 4 heteroatoms. The number of rotatable bonds is 4. The average molecular weight is 192 g/mol. The Kier molecular flexibility index (Phi) is 3.92. The Labute approximate surface area is 82.7 Å². The van der Waals surface area contributed by atoms with Gasteiger partial charge >= 0.3 is 0 Å². The molecule has 0 fully saturated rings.